The van der Waals surface area contributed by atoms with Gasteiger partial charge in [0.2, 0.25) is 0 Å². The van der Waals surface area contributed by atoms with Gasteiger partial charge in [-0.05, 0) is 51.1 Å². The molecule has 2 atom stereocenters. The van der Waals surface area contributed by atoms with E-state index in [0.29, 0.717) is 28.9 Å². The Balaban J connectivity index is 1.69. The van der Waals surface area contributed by atoms with Gasteiger partial charge in [0.1, 0.15) is 5.69 Å². The molecule has 1 N–H and O–H groups in total. The van der Waals surface area contributed by atoms with E-state index in [1.54, 1.807) is 6.20 Å². The van der Waals surface area contributed by atoms with Crippen LogP contribution in [0, 0.1) is 11.7 Å². The third-order valence-electron chi connectivity index (χ3n) is 6.89. The van der Waals surface area contributed by atoms with Gasteiger partial charge in [-0.2, -0.15) is 0 Å². The number of hydrogen-bond acceptors (Lipinski definition) is 5. The molecule has 6 nitrogen and oxygen atoms in total. The first-order valence-corrected chi connectivity index (χ1v) is 10.9. The summed E-state index contributed by atoms with van der Waals surface area (Å²) in [6, 6.07) is 1.87. The van der Waals surface area contributed by atoms with Crippen molar-refractivity contribution in [3.8, 4) is 5.75 Å². The van der Waals surface area contributed by atoms with Gasteiger partial charge in [-0.25, -0.2) is 4.39 Å². The summed E-state index contributed by atoms with van der Waals surface area (Å²) >= 11 is 0. The lowest BCUT2D eigenvalue weighted by atomic mass is 9.99. The van der Waals surface area contributed by atoms with Gasteiger partial charge in [0.15, 0.2) is 22.8 Å². The molecular weight excluding hydrogens is 385 g/mol. The molecule has 3 aliphatic rings. The first kappa shape index (κ1) is 19.5. The predicted molar refractivity (Wildman–Crippen MR) is 114 cm³/mol. The highest BCUT2D eigenvalue weighted by Crippen LogP contribution is 2.45. The van der Waals surface area contributed by atoms with Gasteiger partial charge in [0.25, 0.3) is 0 Å². The summed E-state index contributed by atoms with van der Waals surface area (Å²) in [6.45, 7) is 3.88. The second-order valence-electron chi connectivity index (χ2n) is 8.92. The van der Waals surface area contributed by atoms with Crippen molar-refractivity contribution in [3.63, 3.8) is 0 Å². The zero-order valence-corrected chi connectivity index (χ0v) is 17.5. The third kappa shape index (κ3) is 3.11. The number of halogens is 1. The minimum absolute atomic E-state index is 0.108. The highest BCUT2D eigenvalue weighted by molar-refractivity contribution is 5.99. The van der Waals surface area contributed by atoms with Crippen LogP contribution in [0.25, 0.3) is 10.9 Å². The molecule has 1 aliphatic carbocycles. The van der Waals surface area contributed by atoms with E-state index in [1.807, 2.05) is 4.57 Å². The van der Waals surface area contributed by atoms with Crippen molar-refractivity contribution in [2.75, 3.05) is 31.6 Å². The molecule has 0 spiro atoms. The number of anilines is 1. The summed E-state index contributed by atoms with van der Waals surface area (Å²) < 4.78 is 23.2. The largest absolute Gasteiger partial charge is 0.492 e. The number of ether oxygens (including phenoxy) is 1. The standard InChI is InChI=1S/C23H28FN3O3/c1-13(28)17-11-27(15-6-7-15)20-16(22(17)29)9-18(24)21(23(20)30-2)26-10-14-5-3-4-8-25-19(14)12-26/h9,11,14-15,19,25H,3-8,10,12H2,1-2H3/t14-,19+/m0/s1. The molecule has 1 aromatic heterocycles. The minimum atomic E-state index is -0.462. The molecule has 0 radical (unpaired) electrons. The first-order valence-electron chi connectivity index (χ1n) is 10.9. The van der Waals surface area contributed by atoms with Gasteiger partial charge in [0.05, 0.1) is 23.6 Å². The summed E-state index contributed by atoms with van der Waals surface area (Å²) in [5.41, 5.74) is 0.721. The number of Topliss-reactive ketones (excluding diaryl/α,β-unsaturated/α-hetero) is 1. The number of hydrogen-bond donors (Lipinski definition) is 1. The van der Waals surface area contributed by atoms with E-state index in [0.717, 1.165) is 38.9 Å². The highest BCUT2D eigenvalue weighted by atomic mass is 19.1. The van der Waals surface area contributed by atoms with Crippen LogP contribution in [0.2, 0.25) is 0 Å². The smallest absolute Gasteiger partial charge is 0.200 e. The van der Waals surface area contributed by atoms with E-state index < -0.39 is 11.2 Å². The number of aromatic nitrogens is 1. The average molecular weight is 413 g/mol. The van der Waals surface area contributed by atoms with Gasteiger partial charge in [-0.15, -0.1) is 0 Å². The average Bonchev–Trinajstić information content (AvgIpc) is 3.52. The van der Waals surface area contributed by atoms with Crippen molar-refractivity contribution in [3.05, 3.63) is 33.9 Å². The van der Waals surface area contributed by atoms with Crippen LogP contribution in [0.3, 0.4) is 0 Å². The van der Waals surface area contributed by atoms with Crippen molar-refractivity contribution >= 4 is 22.4 Å². The molecule has 0 unspecified atom stereocenters. The molecule has 2 aromatic rings. The second kappa shape index (κ2) is 7.38. The van der Waals surface area contributed by atoms with Crippen molar-refractivity contribution in [2.45, 2.75) is 51.1 Å². The summed E-state index contributed by atoms with van der Waals surface area (Å²) in [5.74, 6) is 0.125. The zero-order valence-electron chi connectivity index (χ0n) is 17.5. The Kier molecular flexibility index (Phi) is 4.81. The fraction of sp³-hybridized carbons (Fsp3) is 0.565. The Morgan fingerprint density at radius 1 is 1.23 bits per heavy atom. The maximum absolute atomic E-state index is 15.5. The maximum Gasteiger partial charge on any atom is 0.200 e. The van der Waals surface area contributed by atoms with Crippen molar-refractivity contribution < 1.29 is 13.9 Å². The molecule has 5 rings (SSSR count). The van der Waals surface area contributed by atoms with Gasteiger partial charge in [-0.3, -0.25) is 9.59 Å². The molecular formula is C23H28FN3O3. The summed E-state index contributed by atoms with van der Waals surface area (Å²) in [4.78, 5) is 27.1. The molecule has 1 aromatic carbocycles. The first-order chi connectivity index (χ1) is 14.5. The lowest BCUT2D eigenvalue weighted by Gasteiger charge is -2.25. The zero-order chi connectivity index (χ0) is 21.0. The summed E-state index contributed by atoms with van der Waals surface area (Å²) in [7, 11) is 1.53. The molecule has 1 saturated carbocycles. The van der Waals surface area contributed by atoms with Crippen LogP contribution in [0.4, 0.5) is 10.1 Å². The number of carbonyl (C=O) groups is 1. The van der Waals surface area contributed by atoms with Gasteiger partial charge in [0, 0.05) is 31.4 Å². The predicted octanol–water partition coefficient (Wildman–Crippen LogP) is 3.27. The number of nitrogens with one attached hydrogen (secondary N) is 1. The van der Waals surface area contributed by atoms with E-state index in [4.69, 9.17) is 4.74 Å². The Hall–Kier alpha value is -2.41. The van der Waals surface area contributed by atoms with Crippen LogP contribution in [0.1, 0.15) is 55.4 Å². The summed E-state index contributed by atoms with van der Waals surface area (Å²) in [5, 5.41) is 3.83. The minimum Gasteiger partial charge on any atom is -0.492 e. The van der Waals surface area contributed by atoms with E-state index in [1.165, 1.54) is 32.9 Å². The number of fused-ring (bicyclic) bond motifs is 2. The maximum atomic E-state index is 15.5. The van der Waals surface area contributed by atoms with Crippen molar-refractivity contribution in [2.24, 2.45) is 5.92 Å². The Morgan fingerprint density at radius 3 is 2.73 bits per heavy atom. The molecule has 3 heterocycles. The number of ketones is 1. The van der Waals surface area contributed by atoms with E-state index in [9.17, 15) is 9.59 Å². The van der Waals surface area contributed by atoms with Crippen LogP contribution in [-0.2, 0) is 0 Å². The lowest BCUT2D eigenvalue weighted by molar-refractivity contribution is 0.101. The molecule has 160 valence electrons. The lowest BCUT2D eigenvalue weighted by Crippen LogP contribution is -2.35. The van der Waals surface area contributed by atoms with E-state index in [2.05, 4.69) is 10.2 Å². The fourth-order valence-electron chi connectivity index (χ4n) is 5.22. The molecule has 3 fully saturated rings. The monoisotopic (exact) mass is 413 g/mol. The van der Waals surface area contributed by atoms with Crippen LogP contribution in [0.15, 0.2) is 17.1 Å². The van der Waals surface area contributed by atoms with E-state index >= 15 is 4.39 Å². The quantitative estimate of drug-likeness (QED) is 0.780. The van der Waals surface area contributed by atoms with Gasteiger partial charge < -0.3 is 19.5 Å². The van der Waals surface area contributed by atoms with Gasteiger partial charge in [-0.1, -0.05) is 6.42 Å². The van der Waals surface area contributed by atoms with E-state index in [-0.39, 0.29) is 22.8 Å². The molecule has 0 amide bonds. The molecule has 2 aliphatic heterocycles. The highest BCUT2D eigenvalue weighted by Gasteiger charge is 2.37. The molecule has 30 heavy (non-hydrogen) atoms. The number of pyridine rings is 1. The van der Waals surface area contributed by atoms with Crippen molar-refractivity contribution in [1.29, 1.82) is 0 Å². The number of carbonyl (C=O) groups excluding carboxylic acids is 1. The Bertz CT molecular complexity index is 1060. The normalized spacial score (nSPS) is 24.0. The summed E-state index contributed by atoms with van der Waals surface area (Å²) in [6.07, 6.45) is 7.11. The molecule has 2 saturated heterocycles. The number of nitrogens with zero attached hydrogens (tertiary/aromatic N) is 2. The fourth-order valence-corrected chi connectivity index (χ4v) is 5.22. The van der Waals surface area contributed by atoms with Gasteiger partial charge >= 0.3 is 0 Å². The SMILES string of the molecule is COc1c(N2C[C@@H]3CCCCN[C@@H]3C2)c(F)cc2c(=O)c(C(C)=O)cn(C3CC3)c12. The number of rotatable bonds is 4. The Morgan fingerprint density at radius 2 is 2.03 bits per heavy atom. The third-order valence-corrected chi connectivity index (χ3v) is 6.89. The Labute approximate surface area is 175 Å². The molecule has 7 heteroatoms. The van der Waals surface area contributed by atoms with Crippen LogP contribution >= 0.6 is 0 Å². The topological polar surface area (TPSA) is 63.6 Å². The van der Waals surface area contributed by atoms with Crippen molar-refractivity contribution in [1.82, 2.24) is 9.88 Å². The van der Waals surface area contributed by atoms with Crippen LogP contribution < -0.4 is 20.4 Å². The second-order valence-corrected chi connectivity index (χ2v) is 8.92. The van der Waals surface area contributed by atoms with Crippen LogP contribution in [0.5, 0.6) is 5.75 Å². The number of methoxy groups -OCH3 is 1. The number of benzene rings is 1. The van der Waals surface area contributed by atoms with Crippen LogP contribution in [-0.4, -0.2) is 43.1 Å². The molecule has 0 bridgehead atoms.